The fourth-order valence-corrected chi connectivity index (χ4v) is 1.83. The SMILES string of the molecule is CCCCCC(C)(C)CNc1nc(NN)ncc1F. The molecule has 0 saturated heterocycles. The molecule has 0 spiro atoms. The summed E-state index contributed by atoms with van der Waals surface area (Å²) in [5, 5.41) is 3.03. The predicted octanol–water partition coefficient (Wildman–Crippen LogP) is 2.92. The first-order chi connectivity index (χ1) is 8.98. The van der Waals surface area contributed by atoms with Crippen LogP contribution in [0.1, 0.15) is 46.5 Å². The number of aromatic nitrogens is 2. The number of nitrogen functional groups attached to an aromatic ring is 1. The average molecular weight is 269 g/mol. The molecule has 0 aliphatic heterocycles. The molecular weight excluding hydrogens is 245 g/mol. The van der Waals surface area contributed by atoms with Crippen LogP contribution in [0.5, 0.6) is 0 Å². The molecule has 1 heterocycles. The van der Waals surface area contributed by atoms with Crippen LogP contribution in [0.3, 0.4) is 0 Å². The highest BCUT2D eigenvalue weighted by atomic mass is 19.1. The molecule has 0 saturated carbocycles. The summed E-state index contributed by atoms with van der Waals surface area (Å²) in [4.78, 5) is 7.66. The first-order valence-electron chi connectivity index (χ1n) is 6.71. The smallest absolute Gasteiger partial charge is 0.239 e. The van der Waals surface area contributed by atoms with E-state index in [1.165, 1.54) is 19.3 Å². The summed E-state index contributed by atoms with van der Waals surface area (Å²) < 4.78 is 13.5. The van der Waals surface area contributed by atoms with Crippen molar-refractivity contribution in [3.05, 3.63) is 12.0 Å². The van der Waals surface area contributed by atoms with Crippen molar-refractivity contribution in [2.24, 2.45) is 11.3 Å². The Morgan fingerprint density at radius 3 is 2.74 bits per heavy atom. The molecule has 1 aromatic rings. The average Bonchev–Trinajstić information content (AvgIpc) is 2.38. The van der Waals surface area contributed by atoms with Gasteiger partial charge in [0, 0.05) is 6.54 Å². The van der Waals surface area contributed by atoms with Crippen LogP contribution in [0, 0.1) is 11.2 Å². The number of hydrazine groups is 1. The van der Waals surface area contributed by atoms with Crippen LogP contribution in [0.2, 0.25) is 0 Å². The highest BCUT2D eigenvalue weighted by Crippen LogP contribution is 2.24. The molecule has 0 aromatic carbocycles. The van der Waals surface area contributed by atoms with Crippen molar-refractivity contribution >= 4 is 11.8 Å². The Balaban J connectivity index is 2.55. The summed E-state index contributed by atoms with van der Waals surface area (Å²) >= 11 is 0. The van der Waals surface area contributed by atoms with E-state index in [1.54, 1.807) is 0 Å². The van der Waals surface area contributed by atoms with Gasteiger partial charge in [0.25, 0.3) is 0 Å². The molecule has 0 bridgehead atoms. The van der Waals surface area contributed by atoms with Crippen molar-refractivity contribution in [2.45, 2.75) is 46.5 Å². The third-order valence-electron chi connectivity index (χ3n) is 3.06. The van der Waals surface area contributed by atoms with E-state index in [0.717, 1.165) is 12.6 Å². The van der Waals surface area contributed by atoms with Crippen LogP contribution < -0.4 is 16.6 Å². The van der Waals surface area contributed by atoms with Gasteiger partial charge in [0.2, 0.25) is 5.95 Å². The van der Waals surface area contributed by atoms with Crippen molar-refractivity contribution < 1.29 is 4.39 Å². The van der Waals surface area contributed by atoms with Crippen LogP contribution in [0.25, 0.3) is 0 Å². The molecule has 108 valence electrons. The third-order valence-corrected chi connectivity index (χ3v) is 3.06. The van der Waals surface area contributed by atoms with E-state index in [0.29, 0.717) is 6.54 Å². The van der Waals surface area contributed by atoms with Crippen LogP contribution in [-0.4, -0.2) is 16.5 Å². The molecule has 0 radical (unpaired) electrons. The Hall–Kier alpha value is -1.43. The van der Waals surface area contributed by atoms with E-state index < -0.39 is 5.82 Å². The molecule has 0 fully saturated rings. The number of nitrogens with two attached hydrogens (primary N) is 1. The van der Waals surface area contributed by atoms with E-state index in [1.807, 2.05) is 0 Å². The number of anilines is 2. The van der Waals surface area contributed by atoms with E-state index in [2.05, 4.69) is 41.5 Å². The molecular formula is C13H24FN5. The van der Waals surface area contributed by atoms with E-state index in [-0.39, 0.29) is 17.2 Å². The first-order valence-corrected chi connectivity index (χ1v) is 6.71. The maximum absolute atomic E-state index is 13.5. The molecule has 4 N–H and O–H groups in total. The minimum atomic E-state index is -0.469. The molecule has 0 unspecified atom stereocenters. The second-order valence-electron chi connectivity index (χ2n) is 5.51. The van der Waals surface area contributed by atoms with Gasteiger partial charge < -0.3 is 5.32 Å². The standard InChI is InChI=1S/C13H24FN5/c1-4-5-6-7-13(2,3)9-17-11-10(14)8-16-12(18-11)19-15/h8H,4-7,9,15H2,1-3H3,(H2,16,17,18,19). The maximum Gasteiger partial charge on any atom is 0.239 e. The fraction of sp³-hybridized carbons (Fsp3) is 0.692. The van der Waals surface area contributed by atoms with Crippen molar-refractivity contribution in [3.63, 3.8) is 0 Å². The van der Waals surface area contributed by atoms with Gasteiger partial charge in [-0.2, -0.15) is 4.98 Å². The molecule has 1 rings (SSSR count). The summed E-state index contributed by atoms with van der Waals surface area (Å²) in [6, 6.07) is 0. The lowest BCUT2D eigenvalue weighted by molar-refractivity contribution is 0.341. The van der Waals surface area contributed by atoms with Crippen LogP contribution in [-0.2, 0) is 0 Å². The molecule has 19 heavy (non-hydrogen) atoms. The van der Waals surface area contributed by atoms with Gasteiger partial charge in [0.1, 0.15) is 0 Å². The number of unbranched alkanes of at least 4 members (excludes halogenated alkanes) is 2. The number of nitrogens with one attached hydrogen (secondary N) is 2. The zero-order valence-corrected chi connectivity index (χ0v) is 12.0. The third kappa shape index (κ3) is 5.38. The molecule has 0 amide bonds. The number of hydrogen-bond donors (Lipinski definition) is 3. The molecule has 0 atom stereocenters. The monoisotopic (exact) mass is 269 g/mol. The van der Waals surface area contributed by atoms with Crippen LogP contribution >= 0.6 is 0 Å². The Labute approximate surface area is 114 Å². The summed E-state index contributed by atoms with van der Waals surface area (Å²) in [5.74, 6) is 5.13. The van der Waals surface area contributed by atoms with Crippen molar-refractivity contribution in [3.8, 4) is 0 Å². The summed E-state index contributed by atoms with van der Waals surface area (Å²) in [5.41, 5.74) is 2.40. The largest absolute Gasteiger partial charge is 0.367 e. The second-order valence-corrected chi connectivity index (χ2v) is 5.51. The Kier molecular flexibility index (Phi) is 5.95. The van der Waals surface area contributed by atoms with E-state index >= 15 is 0 Å². The van der Waals surface area contributed by atoms with Crippen molar-refractivity contribution in [1.29, 1.82) is 0 Å². The van der Waals surface area contributed by atoms with Crippen LogP contribution in [0.15, 0.2) is 6.20 Å². The van der Waals surface area contributed by atoms with Gasteiger partial charge in [-0.1, -0.05) is 40.0 Å². The molecule has 0 aliphatic rings. The van der Waals surface area contributed by atoms with Gasteiger partial charge >= 0.3 is 0 Å². The lowest BCUT2D eigenvalue weighted by Gasteiger charge is -2.25. The second kappa shape index (κ2) is 7.23. The lowest BCUT2D eigenvalue weighted by Crippen LogP contribution is -2.24. The van der Waals surface area contributed by atoms with Gasteiger partial charge in [-0.05, 0) is 11.8 Å². The number of halogens is 1. The minimum absolute atomic E-state index is 0.100. The number of rotatable bonds is 8. The Morgan fingerprint density at radius 2 is 2.11 bits per heavy atom. The highest BCUT2D eigenvalue weighted by Gasteiger charge is 2.18. The quantitative estimate of drug-likeness (QED) is 0.384. The van der Waals surface area contributed by atoms with Gasteiger partial charge in [-0.15, -0.1) is 0 Å². The number of nitrogens with zero attached hydrogens (tertiary/aromatic N) is 2. The maximum atomic E-state index is 13.5. The molecule has 0 aliphatic carbocycles. The zero-order chi connectivity index (χ0) is 14.3. The Morgan fingerprint density at radius 1 is 1.37 bits per heavy atom. The summed E-state index contributed by atoms with van der Waals surface area (Å²) in [7, 11) is 0. The van der Waals surface area contributed by atoms with E-state index in [4.69, 9.17) is 5.84 Å². The number of hydrogen-bond acceptors (Lipinski definition) is 5. The van der Waals surface area contributed by atoms with E-state index in [9.17, 15) is 4.39 Å². The van der Waals surface area contributed by atoms with Crippen LogP contribution in [0.4, 0.5) is 16.2 Å². The minimum Gasteiger partial charge on any atom is -0.367 e. The topological polar surface area (TPSA) is 75.9 Å². The molecule has 6 heteroatoms. The molecule has 1 aromatic heterocycles. The van der Waals surface area contributed by atoms with Crippen molar-refractivity contribution in [2.75, 3.05) is 17.3 Å². The normalized spacial score (nSPS) is 11.4. The fourth-order valence-electron chi connectivity index (χ4n) is 1.83. The summed E-state index contributed by atoms with van der Waals surface area (Å²) in [6.07, 6.45) is 5.83. The Bertz CT molecular complexity index is 395. The highest BCUT2D eigenvalue weighted by molar-refractivity contribution is 5.40. The summed E-state index contributed by atoms with van der Waals surface area (Å²) in [6.45, 7) is 7.17. The van der Waals surface area contributed by atoms with Crippen molar-refractivity contribution in [1.82, 2.24) is 9.97 Å². The first kappa shape index (κ1) is 15.6. The predicted molar refractivity (Wildman–Crippen MR) is 76.2 cm³/mol. The van der Waals surface area contributed by atoms with Gasteiger partial charge in [0.05, 0.1) is 6.20 Å². The van der Waals surface area contributed by atoms with Gasteiger partial charge in [-0.25, -0.2) is 15.2 Å². The lowest BCUT2D eigenvalue weighted by atomic mass is 9.87. The molecule has 5 nitrogen and oxygen atoms in total. The zero-order valence-electron chi connectivity index (χ0n) is 12.0. The van der Waals surface area contributed by atoms with Gasteiger partial charge in [0.15, 0.2) is 11.6 Å². The van der Waals surface area contributed by atoms with Gasteiger partial charge in [-0.3, -0.25) is 5.43 Å².